The fourth-order valence-electron chi connectivity index (χ4n) is 4.29. The van der Waals surface area contributed by atoms with Gasteiger partial charge in [-0.2, -0.15) is 0 Å². The van der Waals surface area contributed by atoms with Crippen molar-refractivity contribution in [2.24, 2.45) is 0 Å². The lowest BCUT2D eigenvalue weighted by Crippen LogP contribution is -2.09. The highest BCUT2D eigenvalue weighted by Gasteiger charge is 2.21. The van der Waals surface area contributed by atoms with E-state index in [1.54, 1.807) is 0 Å². The number of aromatic nitrogens is 4. The predicted octanol–water partition coefficient (Wildman–Crippen LogP) is 6.45. The average Bonchev–Trinajstić information content (AvgIpc) is 3.23. The van der Waals surface area contributed by atoms with E-state index in [1.807, 2.05) is 84.9 Å². The fourth-order valence-corrected chi connectivity index (χ4v) is 4.46. The van der Waals surface area contributed by atoms with Gasteiger partial charge in [0.25, 0.3) is 5.56 Å². The summed E-state index contributed by atoms with van der Waals surface area (Å²) >= 11 is 6.40. The second-order valence-electron chi connectivity index (χ2n) is 7.78. The lowest BCUT2D eigenvalue weighted by atomic mass is 9.95. The molecule has 0 aliphatic rings. The number of hydrogen-bond donors (Lipinski definition) is 2. The lowest BCUT2D eigenvalue weighted by molar-refractivity contribution is 1.14. The molecular formula is C27H17ClN4O. The van der Waals surface area contributed by atoms with Crippen LogP contribution in [0.1, 0.15) is 0 Å². The Balaban J connectivity index is 1.78. The van der Waals surface area contributed by atoms with Gasteiger partial charge in [0.15, 0.2) is 5.65 Å². The summed E-state index contributed by atoms with van der Waals surface area (Å²) in [6.45, 7) is 0. The second-order valence-corrected chi connectivity index (χ2v) is 8.22. The van der Waals surface area contributed by atoms with Gasteiger partial charge >= 0.3 is 0 Å². The summed E-state index contributed by atoms with van der Waals surface area (Å²) in [6, 6.07) is 27.6. The molecule has 5 nitrogen and oxygen atoms in total. The van der Waals surface area contributed by atoms with E-state index in [2.05, 4.69) is 15.0 Å². The molecule has 0 unspecified atom stereocenters. The van der Waals surface area contributed by atoms with Gasteiger partial charge in [0.05, 0.1) is 23.1 Å². The third-order valence-corrected chi connectivity index (χ3v) is 6.01. The number of rotatable bonds is 3. The molecule has 6 aromatic rings. The number of H-pyrrole nitrogens is 2. The Morgan fingerprint density at radius 2 is 1.55 bits per heavy atom. The van der Waals surface area contributed by atoms with Crippen molar-refractivity contribution < 1.29 is 0 Å². The summed E-state index contributed by atoms with van der Waals surface area (Å²) in [4.78, 5) is 28.4. The van der Waals surface area contributed by atoms with Crippen LogP contribution in [0.25, 0.3) is 55.6 Å². The van der Waals surface area contributed by atoms with Crippen LogP contribution in [0.3, 0.4) is 0 Å². The number of benzene rings is 3. The third-order valence-electron chi connectivity index (χ3n) is 5.77. The minimum absolute atomic E-state index is 0.238. The van der Waals surface area contributed by atoms with Crippen LogP contribution in [0.2, 0.25) is 5.02 Å². The Labute approximate surface area is 193 Å². The first-order valence-corrected chi connectivity index (χ1v) is 10.9. The van der Waals surface area contributed by atoms with E-state index < -0.39 is 0 Å². The van der Waals surface area contributed by atoms with Crippen molar-refractivity contribution in [1.29, 1.82) is 0 Å². The van der Waals surface area contributed by atoms with E-state index in [9.17, 15) is 4.79 Å². The molecule has 3 aromatic carbocycles. The highest BCUT2D eigenvalue weighted by Crippen LogP contribution is 2.42. The molecule has 2 N–H and O–H groups in total. The van der Waals surface area contributed by atoms with Gasteiger partial charge in [-0.05, 0) is 29.8 Å². The van der Waals surface area contributed by atoms with Gasteiger partial charge in [-0.25, -0.2) is 9.97 Å². The van der Waals surface area contributed by atoms with Crippen LogP contribution in [0.4, 0.5) is 0 Å². The average molecular weight is 449 g/mol. The maximum absolute atomic E-state index is 13.0. The zero-order valence-electron chi connectivity index (χ0n) is 17.3. The molecule has 0 aliphatic heterocycles. The summed E-state index contributed by atoms with van der Waals surface area (Å²) in [5.41, 5.74) is 6.33. The van der Waals surface area contributed by atoms with Gasteiger partial charge in [-0.1, -0.05) is 72.3 Å². The zero-order valence-corrected chi connectivity index (χ0v) is 18.1. The molecular weight excluding hydrogens is 432 g/mol. The molecule has 6 heteroatoms. The van der Waals surface area contributed by atoms with Crippen LogP contribution >= 0.6 is 11.6 Å². The van der Waals surface area contributed by atoms with Gasteiger partial charge in [-0.3, -0.25) is 4.79 Å². The Morgan fingerprint density at radius 3 is 2.30 bits per heavy atom. The topological polar surface area (TPSA) is 74.4 Å². The fraction of sp³-hybridized carbons (Fsp3) is 0. The van der Waals surface area contributed by atoms with E-state index in [4.69, 9.17) is 16.6 Å². The first-order chi connectivity index (χ1) is 16.2. The molecule has 0 saturated heterocycles. The maximum atomic E-state index is 13.0. The van der Waals surface area contributed by atoms with Crippen molar-refractivity contribution in [2.75, 3.05) is 0 Å². The van der Waals surface area contributed by atoms with Crippen molar-refractivity contribution in [3.8, 4) is 33.6 Å². The molecule has 0 fully saturated rings. The Kier molecular flexibility index (Phi) is 4.56. The smallest absolute Gasteiger partial charge is 0.260 e. The molecule has 0 amide bonds. The molecule has 0 spiro atoms. The first kappa shape index (κ1) is 19.5. The van der Waals surface area contributed by atoms with E-state index >= 15 is 0 Å². The van der Waals surface area contributed by atoms with Gasteiger partial charge in [0, 0.05) is 32.6 Å². The third kappa shape index (κ3) is 3.30. The standard InChI is InChI=1S/C27H17ClN4O/c28-18-11-12-21-19(13-18)23(25(31-21)17-9-5-2-6-10-17)20-14-22(16-7-3-1-4-8-16)32-26-24(20)27(33)30-15-29-26/h1-15,31H,(H,29,30,32,33). The van der Waals surface area contributed by atoms with Crippen LogP contribution in [-0.4, -0.2) is 19.9 Å². The van der Waals surface area contributed by atoms with Crippen molar-refractivity contribution in [2.45, 2.75) is 0 Å². The number of nitrogens with zero attached hydrogens (tertiary/aromatic N) is 2. The van der Waals surface area contributed by atoms with Crippen molar-refractivity contribution >= 4 is 33.5 Å². The summed E-state index contributed by atoms with van der Waals surface area (Å²) in [5.74, 6) is 0. The van der Waals surface area contributed by atoms with Gasteiger partial charge in [0.2, 0.25) is 0 Å². The van der Waals surface area contributed by atoms with Crippen molar-refractivity contribution in [3.05, 3.63) is 107 Å². The zero-order chi connectivity index (χ0) is 22.4. The van der Waals surface area contributed by atoms with Crippen LogP contribution in [0.5, 0.6) is 0 Å². The molecule has 6 rings (SSSR count). The largest absolute Gasteiger partial charge is 0.354 e. The highest BCUT2D eigenvalue weighted by molar-refractivity contribution is 6.31. The molecule has 158 valence electrons. The van der Waals surface area contributed by atoms with E-state index in [0.29, 0.717) is 16.1 Å². The lowest BCUT2D eigenvalue weighted by Gasteiger charge is -2.11. The minimum atomic E-state index is -0.238. The Hall–Kier alpha value is -4.22. The Morgan fingerprint density at radius 1 is 0.818 bits per heavy atom. The number of hydrogen-bond acceptors (Lipinski definition) is 3. The second kappa shape index (κ2) is 7.73. The van der Waals surface area contributed by atoms with E-state index in [1.165, 1.54) is 6.33 Å². The number of aromatic amines is 2. The molecule has 0 saturated carbocycles. The predicted molar refractivity (Wildman–Crippen MR) is 133 cm³/mol. The van der Waals surface area contributed by atoms with E-state index in [0.717, 1.165) is 44.5 Å². The number of halogens is 1. The molecule has 3 aromatic heterocycles. The molecule has 0 aliphatic carbocycles. The van der Waals surface area contributed by atoms with Crippen LogP contribution in [0, 0.1) is 0 Å². The quantitative estimate of drug-likeness (QED) is 0.326. The summed E-state index contributed by atoms with van der Waals surface area (Å²) < 4.78 is 0. The van der Waals surface area contributed by atoms with Gasteiger partial charge < -0.3 is 9.97 Å². The van der Waals surface area contributed by atoms with Crippen molar-refractivity contribution in [1.82, 2.24) is 19.9 Å². The normalized spacial score (nSPS) is 11.3. The number of fused-ring (bicyclic) bond motifs is 2. The molecule has 0 atom stereocenters. The monoisotopic (exact) mass is 448 g/mol. The summed E-state index contributed by atoms with van der Waals surface area (Å²) in [6.07, 6.45) is 1.39. The summed E-state index contributed by atoms with van der Waals surface area (Å²) in [5, 5.41) is 1.99. The molecule has 33 heavy (non-hydrogen) atoms. The molecule has 0 bridgehead atoms. The Bertz CT molecular complexity index is 1690. The molecule has 0 radical (unpaired) electrons. The summed E-state index contributed by atoms with van der Waals surface area (Å²) in [7, 11) is 0. The minimum Gasteiger partial charge on any atom is -0.354 e. The van der Waals surface area contributed by atoms with Crippen LogP contribution in [-0.2, 0) is 0 Å². The molecule has 3 heterocycles. The first-order valence-electron chi connectivity index (χ1n) is 10.5. The van der Waals surface area contributed by atoms with E-state index in [-0.39, 0.29) is 5.56 Å². The SMILES string of the molecule is O=c1[nH]cnc2nc(-c3ccccc3)cc(-c3c(-c4ccccc4)[nH]c4ccc(Cl)cc34)c12. The van der Waals surface area contributed by atoms with Crippen LogP contribution in [0.15, 0.2) is 96.1 Å². The van der Waals surface area contributed by atoms with Gasteiger partial charge in [-0.15, -0.1) is 0 Å². The number of pyridine rings is 1. The maximum Gasteiger partial charge on any atom is 0.260 e. The van der Waals surface area contributed by atoms with Crippen molar-refractivity contribution in [3.63, 3.8) is 0 Å². The van der Waals surface area contributed by atoms with Crippen LogP contribution < -0.4 is 5.56 Å². The highest BCUT2D eigenvalue weighted by atomic mass is 35.5. The number of nitrogens with one attached hydrogen (secondary N) is 2. The van der Waals surface area contributed by atoms with Gasteiger partial charge in [0.1, 0.15) is 0 Å².